The van der Waals surface area contributed by atoms with Crippen LogP contribution in [0.4, 0.5) is 8.78 Å². The van der Waals surface area contributed by atoms with Crippen LogP contribution in [0, 0.1) is 11.6 Å². The second-order valence-electron chi connectivity index (χ2n) is 5.63. The van der Waals surface area contributed by atoms with Crippen LogP contribution in [0.2, 0.25) is 0 Å². The molecule has 4 heteroatoms. The van der Waals surface area contributed by atoms with Crippen molar-refractivity contribution in [1.82, 2.24) is 4.90 Å². The molecule has 2 rings (SSSR count). The van der Waals surface area contributed by atoms with Gasteiger partial charge in [-0.15, -0.1) is 0 Å². The molecule has 0 amide bonds. The van der Waals surface area contributed by atoms with Crippen LogP contribution in [-0.4, -0.2) is 29.6 Å². The minimum atomic E-state index is -0.927. The van der Waals surface area contributed by atoms with Crippen molar-refractivity contribution in [2.45, 2.75) is 43.7 Å². The number of halogens is 2. The Morgan fingerprint density at radius 1 is 1.16 bits per heavy atom. The molecule has 106 valence electrons. The predicted molar refractivity (Wildman–Crippen MR) is 70.8 cm³/mol. The van der Waals surface area contributed by atoms with Gasteiger partial charge in [0.25, 0.3) is 0 Å². The minimum Gasteiger partial charge on any atom is -0.386 e. The second-order valence-corrected chi connectivity index (χ2v) is 5.63. The van der Waals surface area contributed by atoms with E-state index in [2.05, 4.69) is 0 Å². The fourth-order valence-electron chi connectivity index (χ4n) is 3.14. The van der Waals surface area contributed by atoms with E-state index < -0.39 is 23.3 Å². The van der Waals surface area contributed by atoms with Gasteiger partial charge >= 0.3 is 0 Å². The molecule has 0 bridgehead atoms. The lowest BCUT2D eigenvalue weighted by molar-refractivity contribution is -0.0352. The molecule has 1 N–H and O–H groups in total. The average Bonchev–Trinajstić information content (AvgIpc) is 2.38. The summed E-state index contributed by atoms with van der Waals surface area (Å²) in [6, 6.07) is 3.40. The van der Waals surface area contributed by atoms with Gasteiger partial charge in [0.05, 0.1) is 5.54 Å². The molecule has 0 spiro atoms. The summed E-state index contributed by atoms with van der Waals surface area (Å²) >= 11 is 0. The number of nitrogens with zero attached hydrogens (tertiary/aromatic N) is 1. The minimum absolute atomic E-state index is 0.192. The molecule has 0 radical (unpaired) electrons. The van der Waals surface area contributed by atoms with Crippen molar-refractivity contribution in [2.24, 2.45) is 0 Å². The first kappa shape index (κ1) is 14.4. The van der Waals surface area contributed by atoms with E-state index in [0.717, 1.165) is 38.2 Å². The van der Waals surface area contributed by atoms with Crippen LogP contribution in [0.1, 0.15) is 43.8 Å². The summed E-state index contributed by atoms with van der Waals surface area (Å²) in [6.45, 7) is 0. The summed E-state index contributed by atoms with van der Waals surface area (Å²) in [6.07, 6.45) is 3.93. The van der Waals surface area contributed by atoms with Gasteiger partial charge in [-0.3, -0.25) is 0 Å². The Morgan fingerprint density at radius 3 is 2.32 bits per heavy atom. The lowest BCUT2D eigenvalue weighted by Gasteiger charge is -2.46. The number of aliphatic hydroxyl groups is 1. The third-order valence-electron chi connectivity index (χ3n) is 4.38. The third kappa shape index (κ3) is 2.65. The van der Waals surface area contributed by atoms with E-state index in [-0.39, 0.29) is 5.56 Å². The van der Waals surface area contributed by atoms with E-state index in [0.29, 0.717) is 0 Å². The SMILES string of the molecule is CN(C)C1(C(O)c2ccc(F)cc2F)CCCCC1. The zero-order valence-corrected chi connectivity index (χ0v) is 11.5. The first-order valence-electron chi connectivity index (χ1n) is 6.78. The molecule has 0 aliphatic heterocycles. The highest BCUT2D eigenvalue weighted by atomic mass is 19.1. The van der Waals surface area contributed by atoms with E-state index in [4.69, 9.17) is 0 Å². The van der Waals surface area contributed by atoms with Crippen molar-refractivity contribution in [3.63, 3.8) is 0 Å². The highest BCUT2D eigenvalue weighted by Gasteiger charge is 2.42. The quantitative estimate of drug-likeness (QED) is 0.910. The van der Waals surface area contributed by atoms with E-state index in [9.17, 15) is 13.9 Å². The van der Waals surface area contributed by atoms with Gasteiger partial charge in [-0.2, -0.15) is 0 Å². The molecule has 2 nitrogen and oxygen atoms in total. The monoisotopic (exact) mass is 269 g/mol. The molecule has 0 aromatic heterocycles. The summed E-state index contributed by atoms with van der Waals surface area (Å²) in [4.78, 5) is 1.99. The van der Waals surface area contributed by atoms with Crippen molar-refractivity contribution < 1.29 is 13.9 Å². The first-order valence-corrected chi connectivity index (χ1v) is 6.78. The maximum absolute atomic E-state index is 13.9. The summed E-state index contributed by atoms with van der Waals surface area (Å²) in [5, 5.41) is 10.6. The molecular formula is C15H21F2NO. The molecule has 1 saturated carbocycles. The first-order chi connectivity index (χ1) is 8.97. The van der Waals surface area contributed by atoms with Crippen molar-refractivity contribution in [3.8, 4) is 0 Å². The summed E-state index contributed by atoms with van der Waals surface area (Å²) in [7, 11) is 3.83. The smallest absolute Gasteiger partial charge is 0.131 e. The maximum atomic E-state index is 13.9. The van der Waals surface area contributed by atoms with Gasteiger partial charge in [0.15, 0.2) is 0 Å². The van der Waals surface area contributed by atoms with Gasteiger partial charge in [0.1, 0.15) is 17.7 Å². The van der Waals surface area contributed by atoms with Crippen LogP contribution < -0.4 is 0 Å². The Balaban J connectivity index is 2.36. The van der Waals surface area contributed by atoms with E-state index >= 15 is 0 Å². The Labute approximate surface area is 113 Å². The third-order valence-corrected chi connectivity index (χ3v) is 4.38. The number of hydrogen-bond acceptors (Lipinski definition) is 2. The number of aliphatic hydroxyl groups excluding tert-OH is 1. The summed E-state index contributed by atoms with van der Waals surface area (Å²) < 4.78 is 26.8. The molecule has 1 fully saturated rings. The molecule has 1 aliphatic rings. The van der Waals surface area contributed by atoms with Gasteiger partial charge in [-0.1, -0.05) is 25.3 Å². The van der Waals surface area contributed by atoms with E-state index in [1.165, 1.54) is 12.1 Å². The lowest BCUT2D eigenvalue weighted by atomic mass is 9.74. The maximum Gasteiger partial charge on any atom is 0.131 e. The van der Waals surface area contributed by atoms with Crippen LogP contribution in [0.3, 0.4) is 0 Å². The van der Waals surface area contributed by atoms with Crippen LogP contribution in [0.25, 0.3) is 0 Å². The highest BCUT2D eigenvalue weighted by Crippen LogP contribution is 2.42. The Morgan fingerprint density at radius 2 is 1.79 bits per heavy atom. The molecule has 0 heterocycles. The Hall–Kier alpha value is -1.00. The molecule has 1 aromatic rings. The van der Waals surface area contributed by atoms with Crippen molar-refractivity contribution >= 4 is 0 Å². The Bertz CT molecular complexity index is 442. The Kier molecular flexibility index (Phi) is 4.21. The van der Waals surface area contributed by atoms with Crippen LogP contribution in [0.15, 0.2) is 18.2 Å². The molecular weight excluding hydrogens is 248 g/mol. The number of hydrogen-bond donors (Lipinski definition) is 1. The van der Waals surface area contributed by atoms with Crippen LogP contribution >= 0.6 is 0 Å². The molecule has 0 saturated heterocycles. The zero-order valence-electron chi connectivity index (χ0n) is 11.5. The molecule has 1 aromatic carbocycles. The van der Waals surface area contributed by atoms with Gasteiger partial charge in [-0.05, 0) is 33.0 Å². The molecule has 1 unspecified atom stereocenters. The van der Waals surface area contributed by atoms with Gasteiger partial charge < -0.3 is 10.0 Å². The molecule has 19 heavy (non-hydrogen) atoms. The highest BCUT2D eigenvalue weighted by molar-refractivity contribution is 5.24. The number of benzene rings is 1. The topological polar surface area (TPSA) is 23.5 Å². The fourth-order valence-corrected chi connectivity index (χ4v) is 3.14. The largest absolute Gasteiger partial charge is 0.386 e. The average molecular weight is 269 g/mol. The second kappa shape index (κ2) is 5.55. The lowest BCUT2D eigenvalue weighted by Crippen LogP contribution is -2.50. The van der Waals surface area contributed by atoms with Gasteiger partial charge in [0, 0.05) is 11.6 Å². The van der Waals surface area contributed by atoms with Crippen molar-refractivity contribution in [3.05, 3.63) is 35.4 Å². The van der Waals surface area contributed by atoms with E-state index in [1.807, 2.05) is 19.0 Å². The summed E-state index contributed by atoms with van der Waals surface area (Å²) in [5.74, 6) is -1.28. The standard InChI is InChI=1S/C15H21F2NO/c1-18(2)15(8-4-3-5-9-15)14(19)12-7-6-11(16)10-13(12)17/h6-7,10,14,19H,3-5,8-9H2,1-2H3. The van der Waals surface area contributed by atoms with Crippen LogP contribution in [-0.2, 0) is 0 Å². The normalized spacial score (nSPS) is 20.5. The zero-order chi connectivity index (χ0) is 14.0. The van der Waals surface area contributed by atoms with Gasteiger partial charge in [-0.25, -0.2) is 8.78 Å². The molecule has 1 atom stereocenters. The fraction of sp³-hybridized carbons (Fsp3) is 0.600. The predicted octanol–water partition coefficient (Wildman–Crippen LogP) is 3.26. The van der Waals surface area contributed by atoms with Crippen molar-refractivity contribution in [1.29, 1.82) is 0 Å². The number of rotatable bonds is 3. The molecule has 1 aliphatic carbocycles. The summed E-state index contributed by atoms with van der Waals surface area (Å²) in [5.41, 5.74) is -0.256. The van der Waals surface area contributed by atoms with Crippen molar-refractivity contribution in [2.75, 3.05) is 14.1 Å². The number of likely N-dealkylation sites (N-methyl/N-ethyl adjacent to an activating group) is 1. The van der Waals surface area contributed by atoms with Crippen LogP contribution in [0.5, 0.6) is 0 Å². The van der Waals surface area contributed by atoms with Gasteiger partial charge in [0.2, 0.25) is 0 Å². The van der Waals surface area contributed by atoms with E-state index in [1.54, 1.807) is 0 Å².